The normalized spacial score (nSPS) is 10.3. The number of aromatic amines is 1. The Hall–Kier alpha value is -2.30. The van der Waals surface area contributed by atoms with Crippen LogP contribution in [0.5, 0.6) is 0 Å². The van der Waals surface area contributed by atoms with E-state index in [2.05, 4.69) is 9.98 Å². The van der Waals surface area contributed by atoms with Crippen molar-refractivity contribution >= 4 is 22.8 Å². The van der Waals surface area contributed by atoms with E-state index >= 15 is 0 Å². The molecule has 5 nitrogen and oxygen atoms in total. The summed E-state index contributed by atoms with van der Waals surface area (Å²) in [6, 6.07) is 7.65. The lowest BCUT2D eigenvalue weighted by Crippen LogP contribution is -2.24. The van der Waals surface area contributed by atoms with Gasteiger partial charge < -0.3 is 16.5 Å². The first-order chi connectivity index (χ1) is 7.59. The first-order valence-electron chi connectivity index (χ1n) is 4.81. The molecule has 0 saturated heterocycles. The summed E-state index contributed by atoms with van der Waals surface area (Å²) in [5, 5.41) is 0.997. The van der Waals surface area contributed by atoms with Gasteiger partial charge in [-0.25, -0.2) is 0 Å². The highest BCUT2D eigenvalue weighted by Crippen LogP contribution is 2.21. The zero-order valence-electron chi connectivity index (χ0n) is 8.82. The summed E-state index contributed by atoms with van der Waals surface area (Å²) < 4.78 is 0. The van der Waals surface area contributed by atoms with E-state index < -0.39 is 5.91 Å². The molecule has 1 amide bonds. The quantitative estimate of drug-likeness (QED) is 0.487. The van der Waals surface area contributed by atoms with Crippen molar-refractivity contribution in [3.63, 3.8) is 0 Å². The van der Waals surface area contributed by atoms with Crippen molar-refractivity contribution < 1.29 is 4.79 Å². The van der Waals surface area contributed by atoms with Crippen molar-refractivity contribution in [1.29, 1.82) is 0 Å². The average molecular weight is 216 g/mol. The molecule has 2 rings (SSSR count). The highest BCUT2D eigenvalue weighted by Gasteiger charge is 2.13. The lowest BCUT2D eigenvalue weighted by Gasteiger charge is -1.94. The van der Waals surface area contributed by atoms with Gasteiger partial charge in [-0.2, -0.15) is 4.99 Å². The van der Waals surface area contributed by atoms with Crippen LogP contribution >= 0.6 is 0 Å². The molecule has 0 aliphatic heterocycles. The van der Waals surface area contributed by atoms with Crippen LogP contribution in [0.25, 0.3) is 10.9 Å². The summed E-state index contributed by atoms with van der Waals surface area (Å²) in [4.78, 5) is 18.2. The van der Waals surface area contributed by atoms with Gasteiger partial charge >= 0.3 is 0 Å². The number of fused-ring (bicyclic) bond motifs is 1. The second kappa shape index (κ2) is 3.69. The molecule has 2 aromatic rings. The minimum Gasteiger partial charge on any atom is -0.370 e. The Morgan fingerprint density at radius 1 is 1.31 bits per heavy atom. The Morgan fingerprint density at radius 3 is 2.62 bits per heavy atom. The van der Waals surface area contributed by atoms with Crippen molar-refractivity contribution in [2.45, 2.75) is 6.92 Å². The van der Waals surface area contributed by atoms with Crippen molar-refractivity contribution in [3.8, 4) is 0 Å². The third-order valence-electron chi connectivity index (χ3n) is 2.41. The van der Waals surface area contributed by atoms with Crippen LogP contribution in [-0.2, 0) is 0 Å². The zero-order valence-corrected chi connectivity index (χ0v) is 8.82. The van der Waals surface area contributed by atoms with E-state index in [1.54, 1.807) is 0 Å². The summed E-state index contributed by atoms with van der Waals surface area (Å²) in [7, 11) is 0. The van der Waals surface area contributed by atoms with Crippen LogP contribution < -0.4 is 11.5 Å². The van der Waals surface area contributed by atoms with Gasteiger partial charge in [0.2, 0.25) is 0 Å². The summed E-state index contributed by atoms with van der Waals surface area (Å²) >= 11 is 0. The predicted molar refractivity (Wildman–Crippen MR) is 63.2 cm³/mol. The molecule has 16 heavy (non-hydrogen) atoms. The maximum atomic E-state index is 11.7. The molecular weight excluding hydrogens is 204 g/mol. The Bertz CT molecular complexity index is 579. The smallest absolute Gasteiger partial charge is 0.296 e. The monoisotopic (exact) mass is 216 g/mol. The molecule has 0 aliphatic carbocycles. The van der Waals surface area contributed by atoms with E-state index in [0.717, 1.165) is 16.5 Å². The van der Waals surface area contributed by atoms with Gasteiger partial charge in [-0.15, -0.1) is 0 Å². The van der Waals surface area contributed by atoms with E-state index in [-0.39, 0.29) is 5.96 Å². The number of aryl methyl sites for hydroxylation is 1. The molecule has 0 bridgehead atoms. The van der Waals surface area contributed by atoms with E-state index in [1.807, 2.05) is 31.2 Å². The number of hydrogen-bond donors (Lipinski definition) is 3. The zero-order chi connectivity index (χ0) is 11.7. The molecule has 0 radical (unpaired) electrons. The molecule has 0 saturated carbocycles. The number of carbonyl (C=O) groups is 1. The first kappa shape index (κ1) is 10.2. The number of benzene rings is 1. The highest BCUT2D eigenvalue weighted by atomic mass is 16.1. The van der Waals surface area contributed by atoms with E-state index in [9.17, 15) is 4.79 Å². The van der Waals surface area contributed by atoms with Gasteiger partial charge in [-0.05, 0) is 18.6 Å². The largest absolute Gasteiger partial charge is 0.370 e. The number of carbonyl (C=O) groups excluding carboxylic acids is 1. The number of hydrogen-bond acceptors (Lipinski definition) is 1. The van der Waals surface area contributed by atoms with Gasteiger partial charge in [0, 0.05) is 10.9 Å². The minimum atomic E-state index is -0.450. The molecule has 0 atom stereocenters. The molecule has 5 heteroatoms. The molecule has 5 N–H and O–H groups in total. The minimum absolute atomic E-state index is 0.233. The highest BCUT2D eigenvalue weighted by molar-refractivity contribution is 6.05. The third kappa shape index (κ3) is 1.63. The van der Waals surface area contributed by atoms with Crippen molar-refractivity contribution in [1.82, 2.24) is 4.98 Å². The summed E-state index contributed by atoms with van der Waals surface area (Å²) in [6.07, 6.45) is 0. The molecule has 0 spiro atoms. The SMILES string of the molecule is Cc1c(C(=O)N=C(N)N)[nH]c2ccccc12. The number of rotatable bonds is 1. The van der Waals surface area contributed by atoms with E-state index in [0.29, 0.717) is 5.69 Å². The van der Waals surface area contributed by atoms with Crippen molar-refractivity contribution in [2.75, 3.05) is 0 Å². The predicted octanol–water partition coefficient (Wildman–Crippen LogP) is 0.890. The van der Waals surface area contributed by atoms with Gasteiger partial charge in [0.05, 0.1) is 0 Å². The van der Waals surface area contributed by atoms with Crippen LogP contribution in [0.4, 0.5) is 0 Å². The molecule has 0 unspecified atom stereocenters. The lowest BCUT2D eigenvalue weighted by atomic mass is 10.1. The first-order valence-corrected chi connectivity index (χ1v) is 4.81. The fraction of sp³-hybridized carbons (Fsp3) is 0.0909. The van der Waals surface area contributed by atoms with E-state index in [1.165, 1.54) is 0 Å². The Kier molecular flexibility index (Phi) is 2.36. The van der Waals surface area contributed by atoms with Gasteiger partial charge in [0.1, 0.15) is 5.69 Å². The summed E-state index contributed by atoms with van der Waals surface area (Å²) in [5.74, 6) is -0.684. The molecule has 1 heterocycles. The molecule has 1 aromatic heterocycles. The van der Waals surface area contributed by atoms with Crippen molar-refractivity contribution in [3.05, 3.63) is 35.5 Å². The summed E-state index contributed by atoms with van der Waals surface area (Å²) in [6.45, 7) is 1.86. The number of nitrogens with zero attached hydrogens (tertiary/aromatic N) is 1. The van der Waals surface area contributed by atoms with Gasteiger partial charge in [0.25, 0.3) is 5.91 Å². The molecular formula is C11H12N4O. The number of nitrogens with two attached hydrogens (primary N) is 2. The molecule has 1 aromatic carbocycles. The number of aliphatic imine (C=N–C) groups is 1. The molecule has 0 fully saturated rings. The maximum Gasteiger partial charge on any atom is 0.296 e. The topological polar surface area (TPSA) is 97.3 Å². The van der Waals surface area contributed by atoms with Gasteiger partial charge in [-0.3, -0.25) is 4.79 Å². The van der Waals surface area contributed by atoms with Crippen LogP contribution in [0.2, 0.25) is 0 Å². The Labute approximate surface area is 92.2 Å². The lowest BCUT2D eigenvalue weighted by molar-refractivity contribution is 0.0998. The fourth-order valence-electron chi connectivity index (χ4n) is 1.67. The second-order valence-corrected chi connectivity index (χ2v) is 3.51. The number of amides is 1. The number of guanidine groups is 1. The standard InChI is InChI=1S/C11H12N4O/c1-6-7-4-2-3-5-8(7)14-9(6)10(16)15-11(12)13/h2-5,14H,1H3,(H4,12,13,15,16). The number of aromatic nitrogens is 1. The number of H-pyrrole nitrogens is 1. The van der Waals surface area contributed by atoms with Gasteiger partial charge in [-0.1, -0.05) is 18.2 Å². The van der Waals surface area contributed by atoms with Crippen LogP contribution in [0.3, 0.4) is 0 Å². The third-order valence-corrected chi connectivity index (χ3v) is 2.41. The average Bonchev–Trinajstić information content (AvgIpc) is 2.56. The Balaban J connectivity index is 2.58. The molecule has 0 aliphatic rings. The number of nitrogens with one attached hydrogen (secondary N) is 1. The van der Waals surface area contributed by atoms with Crippen LogP contribution in [0.1, 0.15) is 16.1 Å². The van der Waals surface area contributed by atoms with E-state index in [4.69, 9.17) is 11.5 Å². The van der Waals surface area contributed by atoms with Gasteiger partial charge in [0.15, 0.2) is 5.96 Å². The molecule has 82 valence electrons. The van der Waals surface area contributed by atoms with Crippen LogP contribution in [0.15, 0.2) is 29.3 Å². The maximum absolute atomic E-state index is 11.7. The fourth-order valence-corrected chi connectivity index (χ4v) is 1.67. The number of para-hydroxylation sites is 1. The second-order valence-electron chi connectivity index (χ2n) is 3.51. The van der Waals surface area contributed by atoms with Crippen LogP contribution in [-0.4, -0.2) is 16.9 Å². The summed E-state index contributed by atoms with van der Waals surface area (Å²) in [5.41, 5.74) is 12.5. The van der Waals surface area contributed by atoms with Crippen LogP contribution in [0, 0.1) is 6.92 Å². The van der Waals surface area contributed by atoms with Crippen molar-refractivity contribution in [2.24, 2.45) is 16.5 Å². The Morgan fingerprint density at radius 2 is 2.00 bits per heavy atom.